The van der Waals surface area contributed by atoms with Gasteiger partial charge in [0, 0.05) is 17.1 Å². The molecule has 3 heteroatoms. The predicted octanol–water partition coefficient (Wildman–Crippen LogP) is 9.77. The Kier molecular flexibility index (Phi) is 12.7. The van der Waals surface area contributed by atoms with Crippen molar-refractivity contribution in [2.75, 3.05) is 6.66 Å². The smallest absolute Gasteiger partial charge is 0 e. The summed E-state index contributed by atoms with van der Waals surface area (Å²) in [6.07, 6.45) is 11.8. The molecule has 2 aromatic rings. The molecule has 4 rings (SSSR count). The second kappa shape index (κ2) is 14.3. The molecule has 0 spiro atoms. The first-order valence-electron chi connectivity index (χ1n) is 14.2. The van der Waals surface area contributed by atoms with Gasteiger partial charge in [-0.25, -0.2) is 0 Å². The summed E-state index contributed by atoms with van der Waals surface area (Å²) in [6.45, 7) is 21.6. The largest absolute Gasteiger partial charge is 0.101 e. The minimum atomic E-state index is -0.365. The number of hydrogen-bond acceptors (Lipinski definition) is 0. The Morgan fingerprint density at radius 2 is 1.06 bits per heavy atom. The van der Waals surface area contributed by atoms with Crippen LogP contribution >= 0.6 is 15.8 Å². The molecule has 0 radical (unpaired) electrons. The molecule has 202 valence electrons. The third kappa shape index (κ3) is 8.67. The molecule has 0 heterocycles. The summed E-state index contributed by atoms with van der Waals surface area (Å²) in [5, 5.41) is 3.62. The molecular weight excluding hydrogens is 514 g/mol. The van der Waals surface area contributed by atoms with E-state index in [9.17, 15) is 0 Å². The maximum Gasteiger partial charge on any atom is 0 e. The van der Waals surface area contributed by atoms with E-state index >= 15 is 0 Å². The summed E-state index contributed by atoms with van der Waals surface area (Å²) in [7, 11) is -0.336. The number of benzene rings is 2. The Bertz CT molecular complexity index is 857. The van der Waals surface area contributed by atoms with Crippen LogP contribution in [0.1, 0.15) is 101 Å². The molecule has 0 bridgehead atoms. The van der Waals surface area contributed by atoms with E-state index in [4.69, 9.17) is 0 Å². The average molecular weight is 567 g/mol. The second-order valence-corrected chi connectivity index (χ2v) is 18.3. The van der Waals surface area contributed by atoms with Crippen molar-refractivity contribution < 1.29 is 17.1 Å². The first kappa shape index (κ1) is 32.0. The zero-order valence-corrected chi connectivity index (χ0v) is 27.5. The van der Waals surface area contributed by atoms with Crippen molar-refractivity contribution in [2.45, 2.75) is 123 Å². The molecule has 4 atom stereocenters. The molecule has 0 amide bonds. The number of hydrogen-bond donors (Lipinski definition) is 0. The van der Waals surface area contributed by atoms with Crippen LogP contribution in [0.4, 0.5) is 0 Å². The van der Waals surface area contributed by atoms with Gasteiger partial charge >= 0.3 is 0 Å². The molecule has 2 aliphatic rings. The van der Waals surface area contributed by atoms with Gasteiger partial charge in [-0.05, 0) is 88.1 Å². The molecule has 2 aliphatic carbocycles. The van der Waals surface area contributed by atoms with E-state index in [-0.39, 0.29) is 32.9 Å². The van der Waals surface area contributed by atoms with Crippen LogP contribution < -0.4 is 10.6 Å². The fourth-order valence-electron chi connectivity index (χ4n) is 6.38. The van der Waals surface area contributed by atoms with Gasteiger partial charge in [0.1, 0.15) is 0 Å². The van der Waals surface area contributed by atoms with Crippen molar-refractivity contribution in [3.63, 3.8) is 0 Å². The molecule has 3 unspecified atom stereocenters. The van der Waals surface area contributed by atoms with Crippen molar-refractivity contribution >= 4 is 26.5 Å². The maximum atomic E-state index is 2.59. The summed E-state index contributed by atoms with van der Waals surface area (Å²) >= 11 is 0. The van der Waals surface area contributed by atoms with Crippen molar-refractivity contribution in [2.24, 2.45) is 5.92 Å². The summed E-state index contributed by atoms with van der Waals surface area (Å²) in [4.78, 5) is 0. The fourth-order valence-corrected chi connectivity index (χ4v) is 12.4. The Balaban J connectivity index is 0.000000678. The molecule has 2 saturated carbocycles. The summed E-state index contributed by atoms with van der Waals surface area (Å²) < 4.78 is 0. The number of aryl methyl sites for hydroxylation is 4. The molecule has 0 saturated heterocycles. The number of rotatable bonds is 5. The van der Waals surface area contributed by atoms with E-state index in [0.717, 1.165) is 17.2 Å². The molecule has 0 N–H and O–H groups in total. The van der Waals surface area contributed by atoms with E-state index < -0.39 is 0 Å². The van der Waals surface area contributed by atoms with Crippen molar-refractivity contribution in [1.29, 1.82) is 0 Å². The van der Waals surface area contributed by atoms with E-state index in [2.05, 4.69) is 98.5 Å². The molecule has 2 fully saturated rings. The maximum absolute atomic E-state index is 2.59. The van der Waals surface area contributed by atoms with Crippen LogP contribution in [0.25, 0.3) is 0 Å². The van der Waals surface area contributed by atoms with Crippen molar-refractivity contribution in [3.8, 4) is 0 Å². The van der Waals surface area contributed by atoms with Gasteiger partial charge in [0.25, 0.3) is 0 Å². The van der Waals surface area contributed by atoms with Crippen LogP contribution in [-0.4, -0.2) is 23.1 Å². The minimum Gasteiger partial charge on any atom is -0.101 e. The van der Waals surface area contributed by atoms with Gasteiger partial charge in [-0.2, -0.15) is 0 Å². The molecular formula is C33H52FeP2. The first-order chi connectivity index (χ1) is 16.5. The van der Waals surface area contributed by atoms with Crippen LogP contribution in [0.2, 0.25) is 0 Å². The molecule has 0 aliphatic heterocycles. The SMILES string of the molecule is C1CCCC1.Cc1cc(C)cc(P(c2cc(C)cc(C)c2)[C@H](C)C2CCCC2P(C)C(C)(C)C)c1.[Fe]. The van der Waals surface area contributed by atoms with Gasteiger partial charge < -0.3 is 0 Å². The fraction of sp³-hybridized carbons (Fsp3) is 0.636. The molecule has 2 aromatic carbocycles. The van der Waals surface area contributed by atoms with E-state index in [1.807, 2.05) is 0 Å². The second-order valence-electron chi connectivity index (χ2n) is 12.5. The molecule has 0 nitrogen and oxygen atoms in total. The Hall–Kier alpha value is -0.181. The monoisotopic (exact) mass is 566 g/mol. The standard InChI is InChI=1S/C28H42P2.C5H10.Fe/c1-19-13-20(2)16-24(15-19)30(25-17-21(3)14-22(4)18-25)23(5)26-11-10-12-27(26)29(9)28(6,7)8;1-2-4-5-3-1;/h13-18,23,26-27H,10-12H2,1-9H3;1-5H2;/t23-,26?,27?,29?;;/m1../s1. The normalized spacial score (nSPS) is 21.5. The summed E-state index contributed by atoms with van der Waals surface area (Å²) in [5.74, 6) is 0.855. The van der Waals surface area contributed by atoms with Gasteiger partial charge in [-0.15, -0.1) is 7.92 Å². The van der Waals surface area contributed by atoms with Crippen LogP contribution in [0.5, 0.6) is 0 Å². The average Bonchev–Trinajstić information content (AvgIpc) is 3.46. The van der Waals surface area contributed by atoms with Crippen LogP contribution in [0, 0.1) is 33.6 Å². The third-order valence-corrected chi connectivity index (χ3v) is 14.9. The van der Waals surface area contributed by atoms with Crippen molar-refractivity contribution in [1.82, 2.24) is 0 Å². The third-order valence-electron chi connectivity index (χ3n) is 8.33. The van der Waals surface area contributed by atoms with Gasteiger partial charge in [-0.3, -0.25) is 0 Å². The van der Waals surface area contributed by atoms with E-state index in [1.165, 1.54) is 73.6 Å². The topological polar surface area (TPSA) is 0 Å². The molecule has 36 heavy (non-hydrogen) atoms. The minimum absolute atomic E-state index is 0. The Morgan fingerprint density at radius 1 is 0.667 bits per heavy atom. The zero-order valence-electron chi connectivity index (χ0n) is 24.6. The Morgan fingerprint density at radius 3 is 1.42 bits per heavy atom. The van der Waals surface area contributed by atoms with Gasteiger partial charge in [-0.1, -0.05) is 125 Å². The van der Waals surface area contributed by atoms with Crippen LogP contribution in [0.15, 0.2) is 36.4 Å². The predicted molar refractivity (Wildman–Crippen MR) is 164 cm³/mol. The van der Waals surface area contributed by atoms with Gasteiger partial charge in [0.15, 0.2) is 0 Å². The Labute approximate surface area is 237 Å². The van der Waals surface area contributed by atoms with Crippen LogP contribution in [-0.2, 0) is 17.1 Å². The van der Waals surface area contributed by atoms with E-state index in [1.54, 1.807) is 10.6 Å². The van der Waals surface area contributed by atoms with Gasteiger partial charge in [0.05, 0.1) is 0 Å². The van der Waals surface area contributed by atoms with E-state index in [0.29, 0.717) is 5.16 Å². The zero-order chi connectivity index (χ0) is 25.8. The summed E-state index contributed by atoms with van der Waals surface area (Å²) in [6, 6.07) is 14.6. The first-order valence-corrected chi connectivity index (χ1v) is 17.4. The van der Waals surface area contributed by atoms with Crippen LogP contribution in [0.3, 0.4) is 0 Å². The van der Waals surface area contributed by atoms with Crippen molar-refractivity contribution in [3.05, 3.63) is 58.7 Å². The van der Waals surface area contributed by atoms with Gasteiger partial charge in [0.2, 0.25) is 0 Å². The molecule has 0 aromatic heterocycles. The summed E-state index contributed by atoms with van der Waals surface area (Å²) in [5.41, 5.74) is 7.27. The quantitative estimate of drug-likeness (QED) is 0.250.